The fraction of sp³-hybridized carbons (Fsp3) is 0.643. The Morgan fingerprint density at radius 3 is 2.55 bits per heavy atom. The van der Waals surface area contributed by atoms with Crippen LogP contribution in [0.3, 0.4) is 0 Å². The van der Waals surface area contributed by atoms with Gasteiger partial charge in [0.1, 0.15) is 0 Å². The van der Waals surface area contributed by atoms with Gasteiger partial charge in [-0.25, -0.2) is 13.8 Å². The molecule has 112 valence electrons. The largest absolute Gasteiger partial charge is 0.381 e. The maximum Gasteiger partial charge on any atom is 0.168 e. The molecule has 0 radical (unpaired) electrons. The molecule has 2 unspecified atom stereocenters. The summed E-state index contributed by atoms with van der Waals surface area (Å²) < 4.78 is 32.7. The quantitative estimate of drug-likeness (QED) is 0.873. The molecular weight excluding hydrogens is 264 g/mol. The molecule has 1 aromatic rings. The van der Waals surface area contributed by atoms with E-state index < -0.39 is 11.6 Å². The number of nitrogens with one attached hydrogen (secondary N) is 2. The van der Waals surface area contributed by atoms with Crippen LogP contribution in [-0.2, 0) is 4.74 Å². The van der Waals surface area contributed by atoms with Crippen LogP contribution in [0.5, 0.6) is 0 Å². The third-order valence-electron chi connectivity index (χ3n) is 4.05. The molecule has 0 saturated heterocycles. The number of hydrogen-bond donors (Lipinski definition) is 2. The number of anilines is 2. The zero-order chi connectivity index (χ0) is 14.9. The first-order valence-corrected chi connectivity index (χ1v) is 6.79. The Labute approximate surface area is 117 Å². The number of methoxy groups -OCH3 is 1. The van der Waals surface area contributed by atoms with E-state index in [1.54, 1.807) is 7.11 Å². The Kier molecular flexibility index (Phi) is 4.13. The van der Waals surface area contributed by atoms with Gasteiger partial charge in [-0.3, -0.25) is 0 Å². The Bertz CT molecular complexity index is 494. The minimum absolute atomic E-state index is 0.0504. The lowest BCUT2D eigenvalue weighted by molar-refractivity contribution is -0.0796. The van der Waals surface area contributed by atoms with Gasteiger partial charge in [-0.1, -0.05) is 13.8 Å². The van der Waals surface area contributed by atoms with Crippen molar-refractivity contribution in [2.75, 3.05) is 24.3 Å². The summed E-state index contributed by atoms with van der Waals surface area (Å²) in [6, 6.07) is 0.904. The lowest BCUT2D eigenvalue weighted by Gasteiger charge is -2.51. The molecule has 6 heteroatoms. The van der Waals surface area contributed by atoms with Crippen molar-refractivity contribution in [1.29, 1.82) is 0 Å². The number of hydrogen-bond acceptors (Lipinski definition) is 4. The minimum Gasteiger partial charge on any atom is -0.381 e. The van der Waals surface area contributed by atoms with E-state index in [9.17, 15) is 8.78 Å². The summed E-state index contributed by atoms with van der Waals surface area (Å²) in [6.45, 7) is 6.45. The molecule has 0 aromatic carbocycles. The number of ether oxygens (including phenoxy) is 1. The molecule has 1 aliphatic carbocycles. The van der Waals surface area contributed by atoms with Crippen LogP contribution < -0.4 is 10.6 Å². The van der Waals surface area contributed by atoms with Gasteiger partial charge in [-0.2, -0.15) is 0 Å². The maximum atomic E-state index is 13.8. The van der Waals surface area contributed by atoms with E-state index >= 15 is 0 Å². The number of pyridine rings is 1. The van der Waals surface area contributed by atoms with Crippen molar-refractivity contribution in [1.82, 2.24) is 4.98 Å². The zero-order valence-electron chi connectivity index (χ0n) is 12.3. The van der Waals surface area contributed by atoms with Crippen molar-refractivity contribution >= 4 is 11.6 Å². The highest BCUT2D eigenvalue weighted by molar-refractivity contribution is 5.48. The van der Waals surface area contributed by atoms with Crippen molar-refractivity contribution in [3.8, 4) is 0 Å². The van der Waals surface area contributed by atoms with Gasteiger partial charge in [0, 0.05) is 31.2 Å². The third kappa shape index (κ3) is 2.57. The monoisotopic (exact) mass is 285 g/mol. The van der Waals surface area contributed by atoms with Crippen molar-refractivity contribution < 1.29 is 13.5 Å². The van der Waals surface area contributed by atoms with Gasteiger partial charge in [0.2, 0.25) is 0 Å². The lowest BCUT2D eigenvalue weighted by Crippen LogP contribution is -2.57. The average molecular weight is 285 g/mol. The van der Waals surface area contributed by atoms with E-state index in [4.69, 9.17) is 4.74 Å². The summed E-state index contributed by atoms with van der Waals surface area (Å²) in [7, 11) is 1.67. The Balaban J connectivity index is 2.16. The van der Waals surface area contributed by atoms with Crippen LogP contribution in [0, 0.1) is 17.0 Å². The first-order valence-electron chi connectivity index (χ1n) is 6.79. The fourth-order valence-corrected chi connectivity index (χ4v) is 2.55. The van der Waals surface area contributed by atoms with E-state index in [0.717, 1.165) is 12.5 Å². The minimum atomic E-state index is -0.683. The van der Waals surface area contributed by atoms with Gasteiger partial charge < -0.3 is 15.4 Å². The van der Waals surface area contributed by atoms with Gasteiger partial charge in [-0.05, 0) is 13.3 Å². The lowest BCUT2D eigenvalue weighted by atomic mass is 9.64. The van der Waals surface area contributed by atoms with Crippen LogP contribution in [0.2, 0.25) is 0 Å². The highest BCUT2D eigenvalue weighted by atomic mass is 19.1. The van der Waals surface area contributed by atoms with E-state index in [1.807, 2.05) is 6.92 Å². The number of halogens is 2. The number of aromatic nitrogens is 1. The number of rotatable bonds is 5. The molecule has 2 N–H and O–H groups in total. The van der Waals surface area contributed by atoms with E-state index in [-0.39, 0.29) is 29.2 Å². The smallest absolute Gasteiger partial charge is 0.168 e. The van der Waals surface area contributed by atoms with Gasteiger partial charge in [0.25, 0.3) is 0 Å². The van der Waals surface area contributed by atoms with Crippen molar-refractivity contribution in [2.24, 2.45) is 5.41 Å². The van der Waals surface area contributed by atoms with Crippen molar-refractivity contribution in [3.05, 3.63) is 17.7 Å². The first kappa shape index (κ1) is 15.0. The highest BCUT2D eigenvalue weighted by Crippen LogP contribution is 2.44. The fourth-order valence-electron chi connectivity index (χ4n) is 2.55. The molecule has 1 saturated carbocycles. The predicted octanol–water partition coefficient (Wildman–Crippen LogP) is 3.02. The predicted molar refractivity (Wildman–Crippen MR) is 74.9 cm³/mol. The van der Waals surface area contributed by atoms with Crippen LogP contribution in [-0.4, -0.2) is 30.8 Å². The second-order valence-electron chi connectivity index (χ2n) is 5.66. The maximum absolute atomic E-state index is 13.8. The van der Waals surface area contributed by atoms with Gasteiger partial charge >= 0.3 is 0 Å². The molecular formula is C14H21F2N3O. The Hall–Kier alpha value is -1.43. The topological polar surface area (TPSA) is 46.2 Å². The third-order valence-corrected chi connectivity index (χ3v) is 4.05. The molecule has 1 aromatic heterocycles. The molecule has 1 fully saturated rings. The SMILES string of the molecule is CCNc1nc(NC2CC(OC)C2(C)C)c(F)cc1F. The van der Waals surface area contributed by atoms with Crippen LogP contribution >= 0.6 is 0 Å². The Morgan fingerprint density at radius 2 is 2.00 bits per heavy atom. The molecule has 0 amide bonds. The van der Waals surface area contributed by atoms with Gasteiger partial charge in [0.05, 0.1) is 6.10 Å². The second-order valence-corrected chi connectivity index (χ2v) is 5.66. The summed E-state index contributed by atoms with van der Waals surface area (Å²) >= 11 is 0. The Morgan fingerprint density at radius 1 is 1.35 bits per heavy atom. The van der Waals surface area contributed by atoms with Crippen LogP contribution in [0.25, 0.3) is 0 Å². The highest BCUT2D eigenvalue weighted by Gasteiger charge is 2.48. The van der Waals surface area contributed by atoms with E-state index in [2.05, 4.69) is 29.5 Å². The molecule has 1 aliphatic rings. The summed E-state index contributed by atoms with van der Waals surface area (Å²) in [5.74, 6) is -1.22. The standard InChI is InChI=1S/C14H21F2N3O/c1-5-17-12-8(15)6-9(16)13(19-12)18-10-7-11(20-4)14(10,2)3/h6,10-11H,5,7H2,1-4H3,(H2,17,18,19). The molecule has 20 heavy (non-hydrogen) atoms. The molecule has 0 bridgehead atoms. The van der Waals surface area contributed by atoms with E-state index in [0.29, 0.717) is 6.54 Å². The van der Waals surface area contributed by atoms with Crippen molar-refractivity contribution in [3.63, 3.8) is 0 Å². The molecule has 4 nitrogen and oxygen atoms in total. The summed E-state index contributed by atoms with van der Waals surface area (Å²) in [4.78, 5) is 3.99. The number of nitrogens with zero attached hydrogens (tertiary/aromatic N) is 1. The summed E-state index contributed by atoms with van der Waals surface area (Å²) in [5, 5.41) is 5.83. The van der Waals surface area contributed by atoms with Gasteiger partial charge in [-0.15, -0.1) is 0 Å². The second kappa shape index (κ2) is 5.52. The molecule has 0 aliphatic heterocycles. The van der Waals surface area contributed by atoms with Gasteiger partial charge in [0.15, 0.2) is 23.3 Å². The van der Waals surface area contributed by atoms with Crippen LogP contribution in [0.4, 0.5) is 20.4 Å². The van der Waals surface area contributed by atoms with E-state index in [1.165, 1.54) is 0 Å². The van der Waals surface area contributed by atoms with Crippen LogP contribution in [0.15, 0.2) is 6.07 Å². The average Bonchev–Trinajstić information content (AvgIpc) is 2.38. The normalized spacial score (nSPS) is 24.1. The molecule has 1 heterocycles. The summed E-state index contributed by atoms with van der Waals surface area (Å²) in [6.07, 6.45) is 0.912. The first-order chi connectivity index (χ1) is 9.40. The molecule has 2 atom stereocenters. The summed E-state index contributed by atoms with van der Waals surface area (Å²) in [5.41, 5.74) is -0.115. The van der Waals surface area contributed by atoms with Crippen LogP contribution in [0.1, 0.15) is 27.2 Å². The molecule has 2 rings (SSSR count). The molecule has 0 spiro atoms. The zero-order valence-corrected chi connectivity index (χ0v) is 12.3. The van der Waals surface area contributed by atoms with Crippen molar-refractivity contribution in [2.45, 2.75) is 39.3 Å².